The molecule has 1 spiro atoms. The van der Waals surface area contributed by atoms with Crippen molar-refractivity contribution < 1.29 is 14.3 Å². The summed E-state index contributed by atoms with van der Waals surface area (Å²) >= 11 is 0. The molecule has 190 valence electrons. The number of carbonyl (C=O) groups is 2. The summed E-state index contributed by atoms with van der Waals surface area (Å²) in [6.45, 7) is 13.1. The van der Waals surface area contributed by atoms with Gasteiger partial charge in [-0.05, 0) is 82.2 Å². The third-order valence-corrected chi connectivity index (χ3v) is 7.70. The highest BCUT2D eigenvalue weighted by molar-refractivity contribution is 5.90. The van der Waals surface area contributed by atoms with Gasteiger partial charge < -0.3 is 20.3 Å². The van der Waals surface area contributed by atoms with E-state index in [-0.39, 0.29) is 23.3 Å². The summed E-state index contributed by atoms with van der Waals surface area (Å²) in [5, 5.41) is 6.46. The molecule has 2 saturated heterocycles. The van der Waals surface area contributed by atoms with Gasteiger partial charge in [0.2, 0.25) is 11.8 Å². The molecule has 1 saturated carbocycles. The zero-order valence-electron chi connectivity index (χ0n) is 21.7. The first kappa shape index (κ1) is 26.5. The van der Waals surface area contributed by atoms with Gasteiger partial charge in [0, 0.05) is 13.2 Å². The minimum atomic E-state index is -0.475. The van der Waals surface area contributed by atoms with E-state index in [1.807, 2.05) is 0 Å². The molecule has 3 fully saturated rings. The van der Waals surface area contributed by atoms with Crippen molar-refractivity contribution >= 4 is 11.8 Å². The minimum Gasteiger partial charge on any atom is -0.379 e. The normalized spacial score (nSPS) is 28.5. The van der Waals surface area contributed by atoms with Crippen LogP contribution < -0.4 is 10.6 Å². The Morgan fingerprint density at radius 3 is 2.27 bits per heavy atom. The molecule has 2 heterocycles. The highest BCUT2D eigenvalue weighted by atomic mass is 16.5. The fourth-order valence-corrected chi connectivity index (χ4v) is 5.54. The van der Waals surface area contributed by atoms with Gasteiger partial charge in [-0.2, -0.15) is 0 Å². The van der Waals surface area contributed by atoms with Crippen LogP contribution in [0.25, 0.3) is 0 Å². The summed E-state index contributed by atoms with van der Waals surface area (Å²) in [6.07, 6.45) is 10.2. The molecule has 0 unspecified atom stereocenters. The molecule has 6 nitrogen and oxygen atoms in total. The number of hydrogen-bond acceptors (Lipinski definition) is 4. The summed E-state index contributed by atoms with van der Waals surface area (Å²) in [7, 11) is 0. The van der Waals surface area contributed by atoms with Crippen molar-refractivity contribution in [1.82, 2.24) is 15.5 Å². The van der Waals surface area contributed by atoms with Crippen LogP contribution in [0.15, 0.2) is 0 Å². The average Bonchev–Trinajstić information content (AvgIpc) is 3.56. The van der Waals surface area contributed by atoms with E-state index >= 15 is 0 Å². The van der Waals surface area contributed by atoms with Gasteiger partial charge in [0.05, 0.1) is 18.1 Å². The largest absolute Gasteiger partial charge is 0.379 e. The Bertz CT molecular complexity index is 624. The lowest BCUT2D eigenvalue weighted by Gasteiger charge is -2.42. The highest BCUT2D eigenvalue weighted by Crippen LogP contribution is 2.39. The second-order valence-corrected chi connectivity index (χ2v) is 11.9. The maximum atomic E-state index is 13.8. The number of likely N-dealkylation sites (tertiary alicyclic amines) is 1. The SMILES string of the molecule is CC(C)C[C@H]1COCCCCCC2(CCN(CC3CC3)CC2)C(=O)N[C@@H](CC(C)C)C(=O)N1. The number of rotatable bonds is 6. The topological polar surface area (TPSA) is 70.7 Å². The van der Waals surface area contributed by atoms with Crippen molar-refractivity contribution in [2.75, 3.05) is 32.8 Å². The fraction of sp³-hybridized carbons (Fsp3) is 0.926. The number of carbonyl (C=O) groups excluding carboxylic acids is 2. The molecule has 0 radical (unpaired) electrons. The number of nitrogens with zero attached hydrogens (tertiary/aromatic N) is 1. The molecule has 33 heavy (non-hydrogen) atoms. The minimum absolute atomic E-state index is 0.00775. The number of hydrogen-bond donors (Lipinski definition) is 2. The van der Waals surface area contributed by atoms with Crippen LogP contribution in [0.3, 0.4) is 0 Å². The Morgan fingerprint density at radius 2 is 1.64 bits per heavy atom. The van der Waals surface area contributed by atoms with Gasteiger partial charge in [0.25, 0.3) is 0 Å². The van der Waals surface area contributed by atoms with Gasteiger partial charge in [0.1, 0.15) is 6.04 Å². The van der Waals surface area contributed by atoms with Crippen molar-refractivity contribution in [1.29, 1.82) is 0 Å². The first-order chi connectivity index (χ1) is 15.8. The van der Waals surface area contributed by atoms with Crippen LogP contribution in [0.1, 0.15) is 91.9 Å². The molecule has 0 aromatic carbocycles. The monoisotopic (exact) mass is 463 g/mol. The second kappa shape index (κ2) is 12.5. The van der Waals surface area contributed by atoms with Crippen molar-refractivity contribution in [2.45, 2.75) is 104 Å². The number of ether oxygens (including phenoxy) is 1. The molecular weight excluding hydrogens is 414 g/mol. The van der Waals surface area contributed by atoms with Gasteiger partial charge in [0.15, 0.2) is 0 Å². The Hall–Kier alpha value is -1.14. The molecule has 1 aliphatic carbocycles. The van der Waals surface area contributed by atoms with Crippen molar-refractivity contribution in [3.8, 4) is 0 Å². The van der Waals surface area contributed by atoms with Crippen LogP contribution in [-0.2, 0) is 14.3 Å². The predicted octanol–water partition coefficient (Wildman–Crippen LogP) is 4.13. The summed E-state index contributed by atoms with van der Waals surface area (Å²) in [4.78, 5) is 29.6. The molecule has 2 N–H and O–H groups in total. The van der Waals surface area contributed by atoms with Gasteiger partial charge >= 0.3 is 0 Å². The highest BCUT2D eigenvalue weighted by Gasteiger charge is 2.43. The first-order valence-electron chi connectivity index (χ1n) is 13.7. The Kier molecular flexibility index (Phi) is 10.0. The van der Waals surface area contributed by atoms with Crippen molar-refractivity contribution in [2.24, 2.45) is 23.2 Å². The molecule has 0 bridgehead atoms. The lowest BCUT2D eigenvalue weighted by molar-refractivity contribution is -0.139. The van der Waals surface area contributed by atoms with E-state index in [1.165, 1.54) is 19.4 Å². The Balaban J connectivity index is 1.72. The zero-order valence-corrected chi connectivity index (χ0v) is 21.7. The van der Waals surface area contributed by atoms with Crippen LogP contribution in [0.5, 0.6) is 0 Å². The average molecular weight is 464 g/mol. The third-order valence-electron chi connectivity index (χ3n) is 7.70. The molecule has 2 atom stereocenters. The smallest absolute Gasteiger partial charge is 0.242 e. The zero-order chi connectivity index (χ0) is 23.8. The molecular formula is C27H49N3O3. The van der Waals surface area contributed by atoms with E-state index in [4.69, 9.17) is 4.74 Å². The fourth-order valence-electron chi connectivity index (χ4n) is 5.54. The molecule has 2 amide bonds. The van der Waals surface area contributed by atoms with E-state index in [0.29, 0.717) is 24.9 Å². The molecule has 3 aliphatic rings. The summed E-state index contributed by atoms with van der Waals surface area (Å²) in [5.41, 5.74) is -0.335. The number of amides is 2. The third kappa shape index (κ3) is 8.54. The van der Waals surface area contributed by atoms with E-state index in [1.54, 1.807) is 0 Å². The second-order valence-electron chi connectivity index (χ2n) is 11.9. The molecule has 2 aliphatic heterocycles. The van der Waals surface area contributed by atoms with E-state index in [2.05, 4.69) is 43.2 Å². The quantitative estimate of drug-likeness (QED) is 0.621. The van der Waals surface area contributed by atoms with Crippen molar-refractivity contribution in [3.05, 3.63) is 0 Å². The number of nitrogens with one attached hydrogen (secondary N) is 2. The maximum Gasteiger partial charge on any atom is 0.242 e. The van der Waals surface area contributed by atoms with Crippen LogP contribution in [0.4, 0.5) is 0 Å². The van der Waals surface area contributed by atoms with Gasteiger partial charge in [-0.1, -0.05) is 40.5 Å². The Morgan fingerprint density at radius 1 is 0.939 bits per heavy atom. The molecule has 0 aromatic rings. The van der Waals surface area contributed by atoms with Gasteiger partial charge in [-0.15, -0.1) is 0 Å². The van der Waals surface area contributed by atoms with E-state index in [9.17, 15) is 9.59 Å². The maximum absolute atomic E-state index is 13.8. The molecule has 6 heteroatoms. The lowest BCUT2D eigenvalue weighted by Crippen LogP contribution is -2.56. The van der Waals surface area contributed by atoms with Crippen LogP contribution >= 0.6 is 0 Å². The van der Waals surface area contributed by atoms with Crippen LogP contribution in [0, 0.1) is 23.2 Å². The number of piperidine rings is 1. The standard InChI is InChI=1S/C27H49N3O3/c1-20(2)16-23-19-33-15-7-5-6-10-27(11-13-30(14-12-27)18-22-8-9-22)26(32)29-24(17-21(3)4)25(31)28-23/h20-24H,5-19H2,1-4H3,(H,28,31)(H,29,32)/t23-,24-/m0/s1. The van der Waals surface area contributed by atoms with Crippen LogP contribution in [0.2, 0.25) is 0 Å². The van der Waals surface area contributed by atoms with Gasteiger partial charge in [-0.3, -0.25) is 9.59 Å². The lowest BCUT2D eigenvalue weighted by atomic mass is 9.73. The summed E-state index contributed by atoms with van der Waals surface area (Å²) in [6, 6.07) is -0.483. The van der Waals surface area contributed by atoms with E-state index < -0.39 is 6.04 Å². The first-order valence-corrected chi connectivity index (χ1v) is 13.7. The van der Waals surface area contributed by atoms with Crippen LogP contribution in [-0.4, -0.2) is 61.6 Å². The summed E-state index contributed by atoms with van der Waals surface area (Å²) in [5.74, 6) is 1.75. The molecule has 0 aromatic heterocycles. The molecule has 3 rings (SSSR count). The Labute approximate surface area is 202 Å². The van der Waals surface area contributed by atoms with Crippen molar-refractivity contribution in [3.63, 3.8) is 0 Å². The van der Waals surface area contributed by atoms with E-state index in [0.717, 1.165) is 70.6 Å². The summed E-state index contributed by atoms with van der Waals surface area (Å²) < 4.78 is 5.96. The predicted molar refractivity (Wildman–Crippen MR) is 133 cm³/mol. The van der Waals surface area contributed by atoms with Gasteiger partial charge in [-0.25, -0.2) is 0 Å².